The van der Waals surface area contributed by atoms with E-state index < -0.39 is 0 Å². The van der Waals surface area contributed by atoms with Crippen LogP contribution in [0.2, 0.25) is 0 Å². The molecule has 0 spiro atoms. The number of halogens is 1. The molecule has 7 rings (SSSR count). The maximum Gasteiger partial charge on any atom is 0.162 e. The van der Waals surface area contributed by atoms with Crippen LogP contribution in [-0.2, 0) is 13.7 Å². The minimum atomic E-state index is -0.382. The highest BCUT2D eigenvalue weighted by Crippen LogP contribution is 2.33. The summed E-state index contributed by atoms with van der Waals surface area (Å²) < 4.78 is 22.3. The summed E-state index contributed by atoms with van der Waals surface area (Å²) in [5, 5.41) is 21.5. The van der Waals surface area contributed by atoms with Gasteiger partial charge in [0.2, 0.25) is 0 Å². The fourth-order valence-corrected chi connectivity index (χ4v) is 5.44. The maximum atomic E-state index is 14.7. The Kier molecular flexibility index (Phi) is 6.40. The van der Waals surface area contributed by atoms with Gasteiger partial charge in [0.15, 0.2) is 17.2 Å². The van der Waals surface area contributed by atoms with Gasteiger partial charge in [-0.25, -0.2) is 19.3 Å². The number of aromatic amines is 2. The number of imidazole rings is 1. The lowest BCUT2D eigenvalue weighted by molar-refractivity contribution is 0.237. The molecule has 11 nitrogen and oxygen atoms in total. The molecule has 1 fully saturated rings. The molecule has 0 saturated carbocycles. The molecular weight excluding hydrogens is 525 g/mol. The number of pyridine rings is 2. The van der Waals surface area contributed by atoms with Crippen molar-refractivity contribution >= 4 is 22.2 Å². The third kappa shape index (κ3) is 4.81. The third-order valence-corrected chi connectivity index (χ3v) is 7.40. The second-order valence-corrected chi connectivity index (χ2v) is 10.2. The van der Waals surface area contributed by atoms with E-state index in [0.717, 1.165) is 36.3 Å². The van der Waals surface area contributed by atoms with Crippen molar-refractivity contribution in [3.05, 3.63) is 60.3 Å². The number of benzene rings is 1. The zero-order valence-electron chi connectivity index (χ0n) is 22.4. The van der Waals surface area contributed by atoms with Crippen LogP contribution in [0.5, 0.6) is 5.75 Å². The Hall–Kier alpha value is -4.68. The van der Waals surface area contributed by atoms with Crippen molar-refractivity contribution in [1.29, 1.82) is 0 Å². The number of aryl methyl sites for hydroxylation is 1. The smallest absolute Gasteiger partial charge is 0.162 e. The van der Waals surface area contributed by atoms with E-state index in [1.165, 1.54) is 25.0 Å². The van der Waals surface area contributed by atoms with Gasteiger partial charge in [0.1, 0.15) is 29.2 Å². The molecule has 0 bridgehead atoms. The summed E-state index contributed by atoms with van der Waals surface area (Å²) in [6, 6.07) is 10.3. The molecule has 12 heteroatoms. The van der Waals surface area contributed by atoms with Gasteiger partial charge in [0.05, 0.1) is 23.5 Å². The molecule has 6 aromatic rings. The first-order valence-corrected chi connectivity index (χ1v) is 13.6. The summed E-state index contributed by atoms with van der Waals surface area (Å²) >= 11 is 0. The first kappa shape index (κ1) is 25.3. The topological polar surface area (TPSA) is 134 Å². The summed E-state index contributed by atoms with van der Waals surface area (Å²) in [5.74, 6) is 0.572. The van der Waals surface area contributed by atoms with Gasteiger partial charge in [-0.3, -0.25) is 14.7 Å². The summed E-state index contributed by atoms with van der Waals surface area (Å²) in [6.45, 7) is 3.30. The van der Waals surface area contributed by atoms with Crippen molar-refractivity contribution in [3.8, 4) is 39.7 Å². The van der Waals surface area contributed by atoms with Crippen LogP contribution in [0.1, 0.15) is 18.5 Å². The van der Waals surface area contributed by atoms with Crippen LogP contribution in [0, 0.1) is 5.82 Å². The number of ether oxygens (including phenoxy) is 1. The van der Waals surface area contributed by atoms with E-state index in [-0.39, 0.29) is 12.4 Å². The van der Waals surface area contributed by atoms with Gasteiger partial charge in [-0.2, -0.15) is 10.2 Å². The molecule has 1 saturated heterocycles. The standard InChI is InChI=1S/C29H28FN9O2/c1-38-15-21(24(16-40)37-38)22-4-5-23-26(32-22)27(36-35-23)29-33-25-20(6-7-31-28(25)34-29)17-12-18(30)14-19(13-17)41-11-10-39-8-2-3-9-39/h4-7,12-15,40H,2-3,8-11,16H2,1H3,(H,35,36)(H,31,33,34). The van der Waals surface area contributed by atoms with Gasteiger partial charge >= 0.3 is 0 Å². The van der Waals surface area contributed by atoms with Crippen LogP contribution < -0.4 is 4.74 Å². The van der Waals surface area contributed by atoms with Crippen molar-refractivity contribution in [2.24, 2.45) is 7.05 Å². The van der Waals surface area contributed by atoms with Gasteiger partial charge in [-0.1, -0.05) is 0 Å². The number of hydrogen-bond donors (Lipinski definition) is 3. The summed E-state index contributed by atoms with van der Waals surface area (Å²) in [4.78, 5) is 19.7. The molecule has 41 heavy (non-hydrogen) atoms. The highest BCUT2D eigenvalue weighted by molar-refractivity contribution is 5.95. The van der Waals surface area contributed by atoms with Crippen LogP contribution in [-0.4, -0.2) is 76.2 Å². The van der Waals surface area contributed by atoms with Gasteiger partial charge < -0.3 is 14.8 Å². The van der Waals surface area contributed by atoms with Gasteiger partial charge in [-0.15, -0.1) is 0 Å². The van der Waals surface area contributed by atoms with E-state index in [1.807, 2.05) is 30.5 Å². The minimum absolute atomic E-state index is 0.197. The van der Waals surface area contributed by atoms with Crippen molar-refractivity contribution in [3.63, 3.8) is 0 Å². The number of H-pyrrole nitrogens is 2. The molecule has 5 aromatic heterocycles. The molecular formula is C29H28FN9O2. The van der Waals surface area contributed by atoms with Crippen molar-refractivity contribution < 1.29 is 14.2 Å². The second-order valence-electron chi connectivity index (χ2n) is 10.2. The number of rotatable bonds is 8. The predicted octanol–water partition coefficient (Wildman–Crippen LogP) is 4.07. The monoisotopic (exact) mass is 553 g/mol. The SMILES string of the molecule is Cn1cc(-c2ccc3[nH]nc(-c4nc5c(-c6cc(F)cc(OCCN7CCCC7)c6)ccnc5[nH]4)c3n2)c(CO)n1. The van der Waals surface area contributed by atoms with Crippen LogP contribution in [0.4, 0.5) is 4.39 Å². The lowest BCUT2D eigenvalue weighted by Crippen LogP contribution is -2.25. The molecule has 0 atom stereocenters. The highest BCUT2D eigenvalue weighted by Gasteiger charge is 2.19. The van der Waals surface area contributed by atoms with Crippen LogP contribution in [0.15, 0.2) is 48.8 Å². The van der Waals surface area contributed by atoms with Crippen LogP contribution in [0.25, 0.3) is 56.1 Å². The number of nitrogens with one attached hydrogen (secondary N) is 2. The molecule has 0 aliphatic carbocycles. The maximum absolute atomic E-state index is 14.7. The van der Waals surface area contributed by atoms with E-state index in [2.05, 4.69) is 30.2 Å². The lowest BCUT2D eigenvalue weighted by atomic mass is 10.1. The molecule has 1 aliphatic heterocycles. The fraction of sp³-hybridized carbons (Fsp3) is 0.276. The van der Waals surface area contributed by atoms with Crippen molar-refractivity contribution in [2.75, 3.05) is 26.2 Å². The molecule has 0 radical (unpaired) electrons. The zero-order chi connectivity index (χ0) is 27.9. The Labute approximate surface area is 234 Å². The van der Waals surface area contributed by atoms with Gasteiger partial charge in [0, 0.05) is 43.2 Å². The van der Waals surface area contributed by atoms with Crippen LogP contribution in [0.3, 0.4) is 0 Å². The number of aliphatic hydroxyl groups excluding tert-OH is 1. The molecule has 6 heterocycles. The van der Waals surface area contributed by atoms with E-state index >= 15 is 0 Å². The quantitative estimate of drug-likeness (QED) is 0.257. The second kappa shape index (κ2) is 10.4. The number of aliphatic hydroxyl groups is 1. The Morgan fingerprint density at radius 2 is 1.93 bits per heavy atom. The Balaban J connectivity index is 1.23. The Bertz CT molecular complexity index is 1870. The van der Waals surface area contributed by atoms with Crippen molar-refractivity contribution in [2.45, 2.75) is 19.4 Å². The normalized spacial score (nSPS) is 14.0. The molecule has 208 valence electrons. The number of fused-ring (bicyclic) bond motifs is 2. The Morgan fingerprint density at radius 3 is 2.78 bits per heavy atom. The number of nitrogens with zero attached hydrogens (tertiary/aromatic N) is 7. The largest absolute Gasteiger partial charge is 0.492 e. The van der Waals surface area contributed by atoms with Crippen LogP contribution >= 0.6 is 0 Å². The first-order valence-electron chi connectivity index (χ1n) is 13.6. The number of aromatic nitrogens is 8. The first-order chi connectivity index (χ1) is 20.1. The summed E-state index contributed by atoms with van der Waals surface area (Å²) in [6.07, 6.45) is 5.92. The van der Waals surface area contributed by atoms with E-state index in [1.54, 1.807) is 17.9 Å². The highest BCUT2D eigenvalue weighted by atomic mass is 19.1. The van der Waals surface area contributed by atoms with Gasteiger partial charge in [0.25, 0.3) is 0 Å². The number of hydrogen-bond acceptors (Lipinski definition) is 8. The minimum Gasteiger partial charge on any atom is -0.492 e. The zero-order valence-corrected chi connectivity index (χ0v) is 22.4. The molecule has 1 aliphatic rings. The molecule has 1 aromatic carbocycles. The lowest BCUT2D eigenvalue weighted by Gasteiger charge is -2.15. The third-order valence-electron chi connectivity index (χ3n) is 7.40. The van der Waals surface area contributed by atoms with E-state index in [9.17, 15) is 9.50 Å². The summed E-state index contributed by atoms with van der Waals surface area (Å²) in [7, 11) is 1.80. The number of likely N-dealkylation sites (tertiary alicyclic amines) is 1. The average molecular weight is 554 g/mol. The average Bonchev–Trinajstić information content (AvgIpc) is 3.77. The van der Waals surface area contributed by atoms with Crippen molar-refractivity contribution in [1.82, 2.24) is 44.8 Å². The molecule has 3 N–H and O–H groups in total. The molecule has 0 amide bonds. The molecule has 0 unspecified atom stereocenters. The van der Waals surface area contributed by atoms with Gasteiger partial charge in [-0.05, 0) is 61.8 Å². The van der Waals surface area contributed by atoms with E-state index in [0.29, 0.717) is 57.5 Å². The van der Waals surface area contributed by atoms with E-state index in [4.69, 9.17) is 14.7 Å². The Morgan fingerprint density at radius 1 is 1.05 bits per heavy atom. The fourth-order valence-electron chi connectivity index (χ4n) is 5.44. The summed E-state index contributed by atoms with van der Waals surface area (Å²) in [5.41, 5.74) is 6.28. The predicted molar refractivity (Wildman–Crippen MR) is 151 cm³/mol.